The molecular weight excluding hydrogens is 334 g/mol. The van der Waals surface area contributed by atoms with E-state index in [1.54, 1.807) is 40.4 Å². The Bertz CT molecular complexity index is 717. The Kier molecular flexibility index (Phi) is 6.72. The quantitative estimate of drug-likeness (QED) is 0.784. The van der Waals surface area contributed by atoms with Crippen LogP contribution in [0.1, 0.15) is 18.1 Å². The van der Waals surface area contributed by atoms with Gasteiger partial charge in [0.1, 0.15) is 5.75 Å². The van der Waals surface area contributed by atoms with Gasteiger partial charge in [-0.3, -0.25) is 4.79 Å². The predicted molar refractivity (Wildman–Crippen MR) is 99.2 cm³/mol. The van der Waals surface area contributed by atoms with Crippen molar-refractivity contribution >= 4 is 5.91 Å². The van der Waals surface area contributed by atoms with E-state index >= 15 is 0 Å². The number of ether oxygens (including phenoxy) is 4. The van der Waals surface area contributed by atoms with Crippen LogP contribution in [0.5, 0.6) is 23.0 Å². The van der Waals surface area contributed by atoms with E-state index in [0.29, 0.717) is 29.5 Å². The molecule has 0 aliphatic carbocycles. The third-order valence-corrected chi connectivity index (χ3v) is 3.89. The second kappa shape index (κ2) is 8.99. The van der Waals surface area contributed by atoms with E-state index in [2.05, 4.69) is 5.32 Å². The molecule has 0 bridgehead atoms. The van der Waals surface area contributed by atoms with Gasteiger partial charge in [-0.15, -0.1) is 0 Å². The lowest BCUT2D eigenvalue weighted by Crippen LogP contribution is -2.35. The van der Waals surface area contributed by atoms with Crippen LogP contribution in [0.4, 0.5) is 0 Å². The van der Waals surface area contributed by atoms with Crippen molar-refractivity contribution in [1.29, 1.82) is 0 Å². The first-order valence-electron chi connectivity index (χ1n) is 8.28. The number of rotatable bonds is 8. The number of hydrogen-bond acceptors (Lipinski definition) is 5. The van der Waals surface area contributed by atoms with Gasteiger partial charge >= 0.3 is 0 Å². The molecule has 0 aliphatic heterocycles. The van der Waals surface area contributed by atoms with E-state index < -0.39 is 6.10 Å². The molecule has 0 unspecified atom stereocenters. The summed E-state index contributed by atoms with van der Waals surface area (Å²) in [6.45, 7) is 4.03. The van der Waals surface area contributed by atoms with Crippen LogP contribution in [0, 0.1) is 6.92 Å². The highest BCUT2D eigenvalue weighted by molar-refractivity contribution is 5.80. The number of amides is 1. The smallest absolute Gasteiger partial charge is 0.261 e. The summed E-state index contributed by atoms with van der Waals surface area (Å²) in [4.78, 5) is 12.3. The standard InChI is InChI=1S/C20H25NO5/c1-13-6-8-16(9-7-13)26-14(2)20(22)21-12-15-10-17(23-3)19(25-5)18(11-15)24-4/h6-11,14H,12H2,1-5H3,(H,21,22)/t14-/m0/s1. The van der Waals surface area contributed by atoms with Crippen LogP contribution in [0.25, 0.3) is 0 Å². The summed E-state index contributed by atoms with van der Waals surface area (Å²) < 4.78 is 21.6. The number of nitrogens with one attached hydrogen (secondary N) is 1. The molecule has 1 atom stereocenters. The van der Waals surface area contributed by atoms with Crippen LogP contribution in [-0.4, -0.2) is 33.3 Å². The zero-order valence-corrected chi connectivity index (χ0v) is 15.8. The van der Waals surface area contributed by atoms with Crippen LogP contribution in [0.15, 0.2) is 36.4 Å². The van der Waals surface area contributed by atoms with Crippen LogP contribution < -0.4 is 24.3 Å². The Morgan fingerprint density at radius 2 is 1.58 bits per heavy atom. The molecule has 26 heavy (non-hydrogen) atoms. The number of carbonyl (C=O) groups excluding carboxylic acids is 1. The zero-order chi connectivity index (χ0) is 19.1. The summed E-state index contributed by atoms with van der Waals surface area (Å²) in [6.07, 6.45) is -0.611. The van der Waals surface area contributed by atoms with Gasteiger partial charge in [0, 0.05) is 6.54 Å². The highest BCUT2D eigenvalue weighted by Gasteiger charge is 2.16. The number of carbonyl (C=O) groups is 1. The van der Waals surface area contributed by atoms with Crippen LogP contribution in [-0.2, 0) is 11.3 Å². The minimum absolute atomic E-state index is 0.209. The highest BCUT2D eigenvalue weighted by atomic mass is 16.5. The SMILES string of the molecule is COc1cc(CNC(=O)[C@H](C)Oc2ccc(C)cc2)cc(OC)c1OC. The topological polar surface area (TPSA) is 66.0 Å². The van der Waals surface area contributed by atoms with Gasteiger partial charge in [0.05, 0.1) is 21.3 Å². The lowest BCUT2D eigenvalue weighted by Gasteiger charge is -2.16. The summed E-state index contributed by atoms with van der Waals surface area (Å²) in [5, 5.41) is 2.85. The number of benzene rings is 2. The van der Waals surface area contributed by atoms with E-state index in [1.807, 2.05) is 31.2 Å². The molecule has 2 aromatic rings. The van der Waals surface area contributed by atoms with Gasteiger partial charge in [-0.25, -0.2) is 0 Å². The largest absolute Gasteiger partial charge is 0.493 e. The van der Waals surface area contributed by atoms with Crippen molar-refractivity contribution in [3.63, 3.8) is 0 Å². The van der Waals surface area contributed by atoms with E-state index in [-0.39, 0.29) is 5.91 Å². The maximum atomic E-state index is 12.3. The normalized spacial score (nSPS) is 11.4. The van der Waals surface area contributed by atoms with E-state index in [1.165, 1.54) is 0 Å². The molecule has 6 heteroatoms. The highest BCUT2D eigenvalue weighted by Crippen LogP contribution is 2.38. The van der Waals surface area contributed by atoms with Crippen LogP contribution >= 0.6 is 0 Å². The van der Waals surface area contributed by atoms with Crippen molar-refractivity contribution in [2.45, 2.75) is 26.5 Å². The van der Waals surface area contributed by atoms with Crippen molar-refractivity contribution < 1.29 is 23.7 Å². The fourth-order valence-electron chi connectivity index (χ4n) is 2.44. The van der Waals surface area contributed by atoms with Gasteiger partial charge in [0.25, 0.3) is 5.91 Å². The molecule has 0 aromatic heterocycles. The van der Waals surface area contributed by atoms with Crippen LogP contribution in [0.3, 0.4) is 0 Å². The van der Waals surface area contributed by atoms with Crippen molar-refractivity contribution in [2.24, 2.45) is 0 Å². The first-order valence-corrected chi connectivity index (χ1v) is 8.28. The molecule has 0 saturated carbocycles. The number of methoxy groups -OCH3 is 3. The molecule has 6 nitrogen and oxygen atoms in total. The molecule has 0 saturated heterocycles. The molecule has 2 aromatic carbocycles. The minimum atomic E-state index is -0.611. The molecule has 0 aliphatic rings. The summed E-state index contributed by atoms with van der Waals surface area (Å²) in [7, 11) is 4.65. The monoisotopic (exact) mass is 359 g/mol. The average molecular weight is 359 g/mol. The molecule has 140 valence electrons. The summed E-state index contributed by atoms with van der Waals surface area (Å²) in [5.74, 6) is 2.05. The summed E-state index contributed by atoms with van der Waals surface area (Å²) in [6, 6.07) is 11.2. The molecule has 0 radical (unpaired) electrons. The van der Waals surface area contributed by atoms with E-state index in [9.17, 15) is 4.79 Å². The number of aryl methyl sites for hydroxylation is 1. The maximum absolute atomic E-state index is 12.3. The van der Waals surface area contributed by atoms with Gasteiger partial charge < -0.3 is 24.3 Å². The fourth-order valence-corrected chi connectivity index (χ4v) is 2.44. The second-order valence-corrected chi connectivity index (χ2v) is 5.82. The van der Waals surface area contributed by atoms with E-state index in [0.717, 1.165) is 11.1 Å². The number of hydrogen-bond donors (Lipinski definition) is 1. The zero-order valence-electron chi connectivity index (χ0n) is 15.8. The first-order chi connectivity index (χ1) is 12.5. The summed E-state index contributed by atoms with van der Waals surface area (Å²) >= 11 is 0. The van der Waals surface area contributed by atoms with Crippen molar-refractivity contribution in [3.8, 4) is 23.0 Å². The Balaban J connectivity index is 2.00. The Morgan fingerprint density at radius 1 is 1.00 bits per heavy atom. The molecule has 1 amide bonds. The lowest BCUT2D eigenvalue weighted by atomic mass is 10.1. The molecule has 0 spiro atoms. The molecule has 2 rings (SSSR count). The van der Waals surface area contributed by atoms with Gasteiger partial charge in [-0.1, -0.05) is 17.7 Å². The third kappa shape index (κ3) is 4.81. The maximum Gasteiger partial charge on any atom is 0.261 e. The van der Waals surface area contributed by atoms with E-state index in [4.69, 9.17) is 18.9 Å². The van der Waals surface area contributed by atoms with Gasteiger partial charge in [-0.2, -0.15) is 0 Å². The fraction of sp³-hybridized carbons (Fsp3) is 0.350. The van der Waals surface area contributed by atoms with Crippen molar-refractivity contribution in [1.82, 2.24) is 5.32 Å². The lowest BCUT2D eigenvalue weighted by molar-refractivity contribution is -0.127. The third-order valence-electron chi connectivity index (χ3n) is 3.89. The van der Waals surface area contributed by atoms with Crippen molar-refractivity contribution in [2.75, 3.05) is 21.3 Å². The summed E-state index contributed by atoms with van der Waals surface area (Å²) in [5.41, 5.74) is 1.97. The molecular formula is C20H25NO5. The van der Waals surface area contributed by atoms with Crippen LogP contribution in [0.2, 0.25) is 0 Å². The molecule has 0 heterocycles. The molecule has 0 fully saturated rings. The van der Waals surface area contributed by atoms with Crippen molar-refractivity contribution in [3.05, 3.63) is 47.5 Å². The first kappa shape index (κ1) is 19.4. The molecule has 1 N–H and O–H groups in total. The average Bonchev–Trinajstić information content (AvgIpc) is 2.66. The minimum Gasteiger partial charge on any atom is -0.493 e. The van der Waals surface area contributed by atoms with Gasteiger partial charge in [0.2, 0.25) is 5.75 Å². The van der Waals surface area contributed by atoms with Gasteiger partial charge in [0.15, 0.2) is 17.6 Å². The Labute approximate surface area is 154 Å². The van der Waals surface area contributed by atoms with Gasteiger partial charge in [-0.05, 0) is 43.7 Å². The second-order valence-electron chi connectivity index (χ2n) is 5.82. The Morgan fingerprint density at radius 3 is 2.08 bits per heavy atom. The predicted octanol–water partition coefficient (Wildman–Crippen LogP) is 3.10. The Hall–Kier alpha value is -2.89.